The second-order valence-electron chi connectivity index (χ2n) is 7.33. The van der Waals surface area contributed by atoms with Gasteiger partial charge >= 0.3 is 0 Å². The normalized spacial score (nSPS) is 18.4. The van der Waals surface area contributed by atoms with Gasteiger partial charge in [0.05, 0.1) is 17.2 Å². The lowest BCUT2D eigenvalue weighted by atomic mass is 9.94. The Morgan fingerprint density at radius 3 is 2.57 bits per heavy atom. The van der Waals surface area contributed by atoms with Crippen molar-refractivity contribution in [3.8, 4) is 5.75 Å². The van der Waals surface area contributed by atoms with Gasteiger partial charge < -0.3 is 20.0 Å². The molecule has 1 atom stereocenters. The maximum atomic E-state index is 14.7. The number of likely N-dealkylation sites (tertiary alicyclic amines) is 1. The number of nitrogens with zero attached hydrogens (tertiary/aromatic N) is 2. The zero-order chi connectivity index (χ0) is 22.0. The van der Waals surface area contributed by atoms with Crippen molar-refractivity contribution >= 4 is 29.1 Å². The molecule has 1 fully saturated rings. The van der Waals surface area contributed by atoms with Gasteiger partial charge in [-0.15, -0.1) is 0 Å². The third-order valence-corrected chi connectivity index (χ3v) is 5.19. The molecule has 2 N–H and O–H groups in total. The number of carbonyl (C=O) groups excluding carboxylic acids is 2. The van der Waals surface area contributed by atoms with E-state index in [1.165, 1.54) is 41.3 Å². The zero-order valence-corrected chi connectivity index (χ0v) is 17.4. The Bertz CT molecular complexity index is 1020. The fraction of sp³-hybridized carbons (Fsp3) is 0.273. The van der Waals surface area contributed by atoms with Crippen molar-refractivity contribution in [3.63, 3.8) is 0 Å². The lowest BCUT2D eigenvalue weighted by molar-refractivity contribution is -0.140. The van der Waals surface area contributed by atoms with Gasteiger partial charge in [0.2, 0.25) is 0 Å². The van der Waals surface area contributed by atoms with E-state index in [-0.39, 0.29) is 34.0 Å². The summed E-state index contributed by atoms with van der Waals surface area (Å²) in [7, 11) is 3.76. The Kier molecular flexibility index (Phi) is 6.43. The third kappa shape index (κ3) is 4.17. The van der Waals surface area contributed by atoms with Crippen molar-refractivity contribution in [1.82, 2.24) is 9.80 Å². The van der Waals surface area contributed by atoms with Crippen LogP contribution in [0.1, 0.15) is 23.6 Å². The number of Topliss-reactive ketones (excluding diaryl/α,β-unsaturated/α-hetero) is 1. The fourth-order valence-electron chi connectivity index (χ4n) is 3.53. The van der Waals surface area contributed by atoms with Gasteiger partial charge in [-0.05, 0) is 51.3 Å². The number of phenolic OH excluding ortho intramolecular Hbond substituents is 1. The highest BCUT2D eigenvalue weighted by atomic mass is 35.5. The zero-order valence-electron chi connectivity index (χ0n) is 16.6. The summed E-state index contributed by atoms with van der Waals surface area (Å²) in [5.41, 5.74) is -0.299. The van der Waals surface area contributed by atoms with Gasteiger partial charge in [-0.2, -0.15) is 0 Å². The quantitative estimate of drug-likeness (QED) is 0.414. The molecule has 0 spiro atoms. The molecule has 30 heavy (non-hydrogen) atoms. The van der Waals surface area contributed by atoms with E-state index in [4.69, 9.17) is 11.6 Å². The van der Waals surface area contributed by atoms with Gasteiger partial charge in [0.25, 0.3) is 11.7 Å². The highest BCUT2D eigenvalue weighted by molar-refractivity contribution is 6.46. The highest BCUT2D eigenvalue weighted by Gasteiger charge is 2.46. The van der Waals surface area contributed by atoms with Crippen LogP contribution in [-0.2, 0) is 9.59 Å². The SMILES string of the molecule is CN(C)CCCN1C(=O)C(=O)C(=C(O)c2cc(Cl)ccc2O)C1c1ccccc1F. The second-order valence-corrected chi connectivity index (χ2v) is 7.77. The minimum Gasteiger partial charge on any atom is -0.507 e. The number of carbonyl (C=O) groups is 2. The predicted molar refractivity (Wildman–Crippen MR) is 112 cm³/mol. The number of rotatable bonds is 6. The summed E-state index contributed by atoms with van der Waals surface area (Å²) >= 11 is 5.97. The number of benzene rings is 2. The fourth-order valence-corrected chi connectivity index (χ4v) is 3.70. The molecule has 1 aliphatic heterocycles. The Hall–Kier alpha value is -2.90. The average Bonchev–Trinajstić information content (AvgIpc) is 2.94. The number of phenols is 1. The van der Waals surface area contributed by atoms with E-state index in [1.54, 1.807) is 6.07 Å². The Labute approximate surface area is 178 Å². The Morgan fingerprint density at radius 1 is 1.20 bits per heavy atom. The number of hydrogen-bond acceptors (Lipinski definition) is 5. The predicted octanol–water partition coefficient (Wildman–Crippen LogP) is 3.56. The van der Waals surface area contributed by atoms with Crippen LogP contribution in [0.4, 0.5) is 4.39 Å². The summed E-state index contributed by atoms with van der Waals surface area (Å²) in [6.07, 6.45) is 0.549. The van der Waals surface area contributed by atoms with Crippen LogP contribution < -0.4 is 0 Å². The summed E-state index contributed by atoms with van der Waals surface area (Å²) in [4.78, 5) is 28.8. The first kappa shape index (κ1) is 21.8. The standard InChI is InChI=1S/C22H22ClFN2O4/c1-25(2)10-5-11-26-19(14-6-3-4-7-16(14)24)18(21(29)22(26)30)20(28)15-12-13(23)8-9-17(15)27/h3-4,6-9,12,19,27-28H,5,10-11H2,1-2H3. The monoisotopic (exact) mass is 432 g/mol. The number of aromatic hydroxyl groups is 1. The van der Waals surface area contributed by atoms with E-state index in [0.29, 0.717) is 13.0 Å². The largest absolute Gasteiger partial charge is 0.507 e. The summed E-state index contributed by atoms with van der Waals surface area (Å²) in [6, 6.07) is 8.64. The van der Waals surface area contributed by atoms with Crippen molar-refractivity contribution in [2.75, 3.05) is 27.2 Å². The molecule has 1 aliphatic rings. The first-order valence-electron chi connectivity index (χ1n) is 9.38. The first-order valence-corrected chi connectivity index (χ1v) is 9.76. The molecule has 6 nitrogen and oxygen atoms in total. The Balaban J connectivity index is 2.16. The molecule has 1 saturated heterocycles. The maximum Gasteiger partial charge on any atom is 0.295 e. The Morgan fingerprint density at radius 2 is 1.90 bits per heavy atom. The smallest absolute Gasteiger partial charge is 0.295 e. The van der Waals surface area contributed by atoms with E-state index in [9.17, 15) is 24.2 Å². The highest BCUT2D eigenvalue weighted by Crippen LogP contribution is 2.41. The van der Waals surface area contributed by atoms with Crippen LogP contribution in [0.3, 0.4) is 0 Å². The van der Waals surface area contributed by atoms with E-state index in [1.807, 2.05) is 19.0 Å². The molecule has 3 rings (SSSR count). The number of hydrogen-bond donors (Lipinski definition) is 2. The van der Waals surface area contributed by atoms with E-state index in [2.05, 4.69) is 0 Å². The second kappa shape index (κ2) is 8.85. The molecular formula is C22H22ClFN2O4. The number of aliphatic hydroxyl groups excluding tert-OH is 1. The van der Waals surface area contributed by atoms with E-state index >= 15 is 0 Å². The van der Waals surface area contributed by atoms with E-state index < -0.39 is 29.3 Å². The molecular weight excluding hydrogens is 411 g/mol. The summed E-state index contributed by atoms with van der Waals surface area (Å²) in [6.45, 7) is 0.849. The van der Waals surface area contributed by atoms with Crippen LogP contribution in [0.25, 0.3) is 5.76 Å². The van der Waals surface area contributed by atoms with Crippen LogP contribution >= 0.6 is 11.6 Å². The van der Waals surface area contributed by atoms with Crippen molar-refractivity contribution in [2.45, 2.75) is 12.5 Å². The van der Waals surface area contributed by atoms with Crippen molar-refractivity contribution < 1.29 is 24.2 Å². The average molecular weight is 433 g/mol. The van der Waals surface area contributed by atoms with Crippen molar-refractivity contribution in [3.05, 3.63) is 70.0 Å². The molecule has 0 saturated carbocycles. The van der Waals surface area contributed by atoms with Gasteiger partial charge in [-0.1, -0.05) is 29.8 Å². The molecule has 0 aliphatic carbocycles. The van der Waals surface area contributed by atoms with Gasteiger partial charge in [-0.25, -0.2) is 4.39 Å². The molecule has 158 valence electrons. The third-order valence-electron chi connectivity index (χ3n) is 4.96. The molecule has 0 bridgehead atoms. The maximum absolute atomic E-state index is 14.7. The van der Waals surface area contributed by atoms with Crippen LogP contribution in [0.15, 0.2) is 48.0 Å². The van der Waals surface area contributed by atoms with Crippen molar-refractivity contribution in [1.29, 1.82) is 0 Å². The minimum atomic E-state index is -1.12. The van der Waals surface area contributed by atoms with E-state index in [0.717, 1.165) is 0 Å². The molecule has 2 aromatic rings. The lowest BCUT2D eigenvalue weighted by Crippen LogP contribution is -2.32. The summed E-state index contributed by atoms with van der Waals surface area (Å²) < 4.78 is 14.7. The summed E-state index contributed by atoms with van der Waals surface area (Å²) in [5, 5.41) is 21.3. The minimum absolute atomic E-state index is 0.0876. The molecule has 2 aromatic carbocycles. The van der Waals surface area contributed by atoms with Gasteiger partial charge in [0.15, 0.2) is 0 Å². The van der Waals surface area contributed by atoms with Gasteiger partial charge in [0, 0.05) is 17.1 Å². The molecule has 8 heteroatoms. The van der Waals surface area contributed by atoms with Crippen molar-refractivity contribution in [2.24, 2.45) is 0 Å². The topological polar surface area (TPSA) is 81.1 Å². The lowest BCUT2D eigenvalue weighted by Gasteiger charge is -2.26. The summed E-state index contributed by atoms with van der Waals surface area (Å²) in [5.74, 6) is -3.29. The molecule has 1 amide bonds. The van der Waals surface area contributed by atoms with Gasteiger partial charge in [0.1, 0.15) is 17.3 Å². The van der Waals surface area contributed by atoms with Crippen LogP contribution in [0.5, 0.6) is 5.75 Å². The van der Waals surface area contributed by atoms with Crippen LogP contribution in [0.2, 0.25) is 5.02 Å². The van der Waals surface area contributed by atoms with Crippen LogP contribution in [-0.4, -0.2) is 58.9 Å². The van der Waals surface area contributed by atoms with Crippen LogP contribution in [0, 0.1) is 5.82 Å². The number of halogens is 2. The molecule has 1 unspecified atom stereocenters. The molecule has 1 heterocycles. The number of aliphatic hydroxyl groups is 1. The molecule has 0 aromatic heterocycles. The van der Waals surface area contributed by atoms with Gasteiger partial charge in [-0.3, -0.25) is 9.59 Å². The first-order chi connectivity index (χ1) is 14.2. The number of amides is 1. The number of ketones is 1. The molecule has 0 radical (unpaired) electrons.